The normalized spacial score (nSPS) is 14.7. The number of ether oxygens (including phenoxy) is 1. The summed E-state index contributed by atoms with van der Waals surface area (Å²) in [6.45, 7) is 4.16. The predicted octanol–water partition coefficient (Wildman–Crippen LogP) is 5.78. The Kier molecular flexibility index (Phi) is 5.35. The Morgan fingerprint density at radius 3 is 2.23 bits per heavy atom. The fourth-order valence-electron chi connectivity index (χ4n) is 3.59. The van der Waals surface area contributed by atoms with Gasteiger partial charge in [-0.3, -0.25) is 4.79 Å². The van der Waals surface area contributed by atoms with Crippen molar-refractivity contribution in [1.82, 2.24) is 9.97 Å². The summed E-state index contributed by atoms with van der Waals surface area (Å²) in [6.07, 6.45) is 1.16. The first-order valence-electron chi connectivity index (χ1n) is 9.71. The van der Waals surface area contributed by atoms with Gasteiger partial charge in [0.05, 0.1) is 18.4 Å². The molecule has 0 atom stereocenters. The van der Waals surface area contributed by atoms with Crippen molar-refractivity contribution in [1.29, 1.82) is 0 Å². The zero-order chi connectivity index (χ0) is 21.3. The maximum absolute atomic E-state index is 12.9. The number of ketones is 1. The lowest BCUT2D eigenvalue weighted by molar-refractivity contribution is 0.0911. The predicted molar refractivity (Wildman–Crippen MR) is 119 cm³/mol. The van der Waals surface area contributed by atoms with E-state index >= 15 is 0 Å². The van der Waals surface area contributed by atoms with Crippen LogP contribution >= 0.6 is 11.6 Å². The first-order chi connectivity index (χ1) is 14.3. The van der Waals surface area contributed by atoms with Gasteiger partial charge in [0.15, 0.2) is 5.78 Å². The van der Waals surface area contributed by atoms with Gasteiger partial charge in [0.1, 0.15) is 11.6 Å². The molecule has 1 heterocycles. The number of methoxy groups -OCH3 is 1. The average molecular weight is 423 g/mol. The Bertz CT molecular complexity index is 1080. The standard InChI is InChI=1S/C23H23ClN4O2/c1-23(2)12-18-20(19(29)13-23)21(25-15-8-10-17(30-3)11-9-15)28-22(27-18)26-16-6-4-14(24)5-7-16/h4-11H,12-13H2,1-3H3,(H2,25,26,27,28). The summed E-state index contributed by atoms with van der Waals surface area (Å²) in [6, 6.07) is 14.8. The highest BCUT2D eigenvalue weighted by molar-refractivity contribution is 6.30. The van der Waals surface area contributed by atoms with Crippen LogP contribution in [0.4, 0.5) is 23.1 Å². The molecule has 0 spiro atoms. The Labute approximate surface area is 180 Å². The number of anilines is 4. The molecule has 30 heavy (non-hydrogen) atoms. The number of carbonyl (C=O) groups excluding carboxylic acids is 1. The first-order valence-corrected chi connectivity index (χ1v) is 10.1. The quantitative estimate of drug-likeness (QED) is 0.542. The van der Waals surface area contributed by atoms with E-state index < -0.39 is 0 Å². The van der Waals surface area contributed by atoms with Crippen molar-refractivity contribution >= 4 is 40.5 Å². The molecule has 3 aromatic rings. The van der Waals surface area contributed by atoms with Crippen molar-refractivity contribution in [3.8, 4) is 5.75 Å². The molecule has 0 amide bonds. The summed E-state index contributed by atoms with van der Waals surface area (Å²) < 4.78 is 5.22. The molecule has 154 valence electrons. The number of rotatable bonds is 5. The van der Waals surface area contributed by atoms with E-state index in [-0.39, 0.29) is 11.2 Å². The van der Waals surface area contributed by atoms with Crippen molar-refractivity contribution in [2.45, 2.75) is 26.7 Å². The Balaban J connectivity index is 1.74. The number of nitrogens with one attached hydrogen (secondary N) is 2. The van der Waals surface area contributed by atoms with Crippen LogP contribution in [0.5, 0.6) is 5.75 Å². The van der Waals surface area contributed by atoms with Crippen LogP contribution in [-0.4, -0.2) is 22.9 Å². The van der Waals surface area contributed by atoms with Gasteiger partial charge in [-0.15, -0.1) is 0 Å². The van der Waals surface area contributed by atoms with E-state index in [1.54, 1.807) is 19.2 Å². The summed E-state index contributed by atoms with van der Waals surface area (Å²) in [5, 5.41) is 7.16. The molecule has 0 radical (unpaired) electrons. The van der Waals surface area contributed by atoms with Gasteiger partial charge in [-0.25, -0.2) is 4.98 Å². The van der Waals surface area contributed by atoms with Crippen LogP contribution in [0, 0.1) is 5.41 Å². The highest BCUT2D eigenvalue weighted by atomic mass is 35.5. The molecular weight excluding hydrogens is 400 g/mol. The van der Waals surface area contributed by atoms with Crippen LogP contribution in [0.2, 0.25) is 5.02 Å². The maximum Gasteiger partial charge on any atom is 0.229 e. The summed E-state index contributed by atoms with van der Waals surface area (Å²) in [7, 11) is 1.62. The monoisotopic (exact) mass is 422 g/mol. The summed E-state index contributed by atoms with van der Waals surface area (Å²) >= 11 is 5.98. The fraction of sp³-hybridized carbons (Fsp3) is 0.261. The lowest BCUT2D eigenvalue weighted by atomic mass is 9.75. The summed E-state index contributed by atoms with van der Waals surface area (Å²) in [4.78, 5) is 22.2. The van der Waals surface area contributed by atoms with Crippen molar-refractivity contribution in [3.63, 3.8) is 0 Å². The number of hydrogen-bond donors (Lipinski definition) is 2. The maximum atomic E-state index is 12.9. The van der Waals surface area contributed by atoms with E-state index in [0.29, 0.717) is 35.2 Å². The van der Waals surface area contributed by atoms with Crippen molar-refractivity contribution < 1.29 is 9.53 Å². The molecule has 0 fully saturated rings. The van der Waals surface area contributed by atoms with E-state index in [2.05, 4.69) is 34.4 Å². The first kappa shape index (κ1) is 20.2. The number of aromatic nitrogens is 2. The minimum absolute atomic E-state index is 0.0512. The lowest BCUT2D eigenvalue weighted by Crippen LogP contribution is -2.29. The third kappa shape index (κ3) is 4.39. The summed E-state index contributed by atoms with van der Waals surface area (Å²) in [5.74, 6) is 1.74. The molecule has 2 N–H and O–H groups in total. The Hall–Kier alpha value is -3.12. The van der Waals surface area contributed by atoms with Gasteiger partial charge in [0, 0.05) is 22.8 Å². The minimum Gasteiger partial charge on any atom is -0.497 e. The van der Waals surface area contributed by atoms with E-state index in [9.17, 15) is 4.79 Å². The molecule has 1 aromatic heterocycles. The van der Waals surface area contributed by atoms with Crippen LogP contribution < -0.4 is 15.4 Å². The summed E-state index contributed by atoms with van der Waals surface area (Å²) in [5.41, 5.74) is 2.79. The smallest absolute Gasteiger partial charge is 0.229 e. The second-order valence-corrected chi connectivity index (χ2v) is 8.58. The molecular formula is C23H23ClN4O2. The fourth-order valence-corrected chi connectivity index (χ4v) is 3.71. The zero-order valence-corrected chi connectivity index (χ0v) is 17.9. The third-order valence-electron chi connectivity index (χ3n) is 5.00. The molecule has 0 bridgehead atoms. The lowest BCUT2D eigenvalue weighted by Gasteiger charge is -2.30. The minimum atomic E-state index is -0.145. The van der Waals surface area contributed by atoms with Gasteiger partial charge in [-0.2, -0.15) is 4.98 Å². The van der Waals surface area contributed by atoms with Crippen LogP contribution in [0.3, 0.4) is 0 Å². The topological polar surface area (TPSA) is 76.1 Å². The molecule has 0 unspecified atom stereocenters. The number of fused-ring (bicyclic) bond motifs is 1. The molecule has 1 aliphatic rings. The van der Waals surface area contributed by atoms with Gasteiger partial charge in [0.2, 0.25) is 5.95 Å². The van der Waals surface area contributed by atoms with E-state index in [0.717, 1.165) is 22.8 Å². The SMILES string of the molecule is COc1ccc(Nc2nc(Nc3ccc(Cl)cc3)nc3c2C(=O)CC(C)(C)C3)cc1. The van der Waals surface area contributed by atoms with Gasteiger partial charge in [-0.1, -0.05) is 25.4 Å². The van der Waals surface area contributed by atoms with Gasteiger partial charge in [-0.05, 0) is 60.4 Å². The highest BCUT2D eigenvalue weighted by Gasteiger charge is 2.35. The van der Waals surface area contributed by atoms with E-state index in [1.165, 1.54) is 0 Å². The van der Waals surface area contributed by atoms with Crippen LogP contribution in [0.25, 0.3) is 0 Å². The average Bonchev–Trinajstić information content (AvgIpc) is 2.69. The van der Waals surface area contributed by atoms with E-state index in [1.807, 2.05) is 36.4 Å². The second kappa shape index (κ2) is 7.95. The van der Waals surface area contributed by atoms with Crippen LogP contribution in [-0.2, 0) is 6.42 Å². The van der Waals surface area contributed by atoms with Crippen molar-refractivity contribution in [2.24, 2.45) is 5.41 Å². The number of nitrogens with zero attached hydrogens (tertiary/aromatic N) is 2. The third-order valence-corrected chi connectivity index (χ3v) is 5.25. The van der Waals surface area contributed by atoms with Crippen LogP contribution in [0.15, 0.2) is 48.5 Å². The van der Waals surface area contributed by atoms with E-state index in [4.69, 9.17) is 16.3 Å². The molecule has 1 aliphatic carbocycles. The molecule has 7 heteroatoms. The van der Waals surface area contributed by atoms with Crippen molar-refractivity contribution in [2.75, 3.05) is 17.7 Å². The molecule has 2 aromatic carbocycles. The Morgan fingerprint density at radius 2 is 1.57 bits per heavy atom. The number of benzene rings is 2. The van der Waals surface area contributed by atoms with Crippen molar-refractivity contribution in [3.05, 3.63) is 64.8 Å². The number of halogens is 1. The number of Topliss-reactive ketones (excluding diaryl/α,β-unsaturated/α-hetero) is 1. The second-order valence-electron chi connectivity index (χ2n) is 8.14. The molecule has 0 aliphatic heterocycles. The highest BCUT2D eigenvalue weighted by Crippen LogP contribution is 2.38. The molecule has 0 saturated heterocycles. The van der Waals surface area contributed by atoms with Gasteiger partial charge in [0.25, 0.3) is 0 Å². The number of hydrogen-bond acceptors (Lipinski definition) is 6. The van der Waals surface area contributed by atoms with Gasteiger partial charge < -0.3 is 15.4 Å². The number of carbonyl (C=O) groups is 1. The molecule has 6 nitrogen and oxygen atoms in total. The molecule has 4 rings (SSSR count). The largest absolute Gasteiger partial charge is 0.497 e. The molecule has 0 saturated carbocycles. The van der Waals surface area contributed by atoms with Crippen LogP contribution in [0.1, 0.15) is 36.3 Å². The van der Waals surface area contributed by atoms with Gasteiger partial charge >= 0.3 is 0 Å². The Morgan fingerprint density at radius 1 is 0.933 bits per heavy atom. The zero-order valence-electron chi connectivity index (χ0n) is 17.1.